The standard InChI is InChI=1S/C25H34N4O5S/c1-25(2,3)23-21-22(16-7-8-17(32-5)18(13-16)33-6)35-15-20(31)29(24(21)27(4)26-23)14-19(30)28-9-11-34-12-10-28/h7-8,13,22H,9-12,14-15H2,1-6H3/t22-/m0/s1. The van der Waals surface area contributed by atoms with E-state index in [9.17, 15) is 9.59 Å². The third kappa shape index (κ3) is 4.99. The molecular formula is C25H34N4O5S. The van der Waals surface area contributed by atoms with Crippen LogP contribution >= 0.6 is 11.8 Å². The molecule has 0 radical (unpaired) electrons. The predicted molar refractivity (Wildman–Crippen MR) is 136 cm³/mol. The number of hydrogen-bond donors (Lipinski definition) is 0. The van der Waals surface area contributed by atoms with Crippen LogP contribution in [0.25, 0.3) is 0 Å². The fraction of sp³-hybridized carbons (Fsp3) is 0.560. The molecule has 1 aromatic carbocycles. The SMILES string of the molecule is COc1ccc([C@@H]2SCC(=O)N(CC(=O)N3CCOCC3)c3c2c(C(C)(C)C)nn3C)cc1OC. The lowest BCUT2D eigenvalue weighted by Gasteiger charge is -2.30. The molecule has 0 unspecified atom stereocenters. The van der Waals surface area contributed by atoms with Crippen molar-refractivity contribution in [2.45, 2.75) is 31.4 Å². The summed E-state index contributed by atoms with van der Waals surface area (Å²) in [6.07, 6.45) is 0. The Morgan fingerprint density at radius 3 is 2.49 bits per heavy atom. The van der Waals surface area contributed by atoms with Gasteiger partial charge >= 0.3 is 0 Å². The molecule has 0 aliphatic carbocycles. The Balaban J connectivity index is 1.82. The molecular weight excluding hydrogens is 468 g/mol. The van der Waals surface area contributed by atoms with Gasteiger partial charge in [0.25, 0.3) is 0 Å². The Morgan fingerprint density at radius 2 is 1.86 bits per heavy atom. The maximum Gasteiger partial charge on any atom is 0.242 e. The molecule has 35 heavy (non-hydrogen) atoms. The van der Waals surface area contributed by atoms with Crippen molar-refractivity contribution in [3.63, 3.8) is 0 Å². The molecule has 0 saturated carbocycles. The molecule has 0 N–H and O–H groups in total. The molecule has 2 amide bonds. The van der Waals surface area contributed by atoms with Crippen molar-refractivity contribution in [2.75, 3.05) is 57.7 Å². The van der Waals surface area contributed by atoms with Gasteiger partial charge in [0.1, 0.15) is 12.4 Å². The summed E-state index contributed by atoms with van der Waals surface area (Å²) in [7, 11) is 5.06. The van der Waals surface area contributed by atoms with Gasteiger partial charge in [-0.3, -0.25) is 19.2 Å². The van der Waals surface area contributed by atoms with E-state index in [1.165, 1.54) is 0 Å². The molecule has 2 aromatic rings. The van der Waals surface area contributed by atoms with Crippen LogP contribution < -0.4 is 14.4 Å². The monoisotopic (exact) mass is 502 g/mol. The highest BCUT2D eigenvalue weighted by Crippen LogP contribution is 2.48. The number of thioether (sulfide) groups is 1. The Bertz CT molecular complexity index is 1100. The second-order valence-corrected chi connectivity index (χ2v) is 10.8. The first kappa shape index (κ1) is 25.4. The summed E-state index contributed by atoms with van der Waals surface area (Å²) in [5, 5.41) is 4.70. The van der Waals surface area contributed by atoms with Gasteiger partial charge in [-0.15, -0.1) is 11.8 Å². The number of carbonyl (C=O) groups excluding carboxylic acids is 2. The molecule has 1 aromatic heterocycles. The lowest BCUT2D eigenvalue weighted by atomic mass is 9.87. The van der Waals surface area contributed by atoms with E-state index in [4.69, 9.17) is 19.3 Å². The zero-order chi connectivity index (χ0) is 25.3. The quantitative estimate of drug-likeness (QED) is 0.621. The van der Waals surface area contributed by atoms with Gasteiger partial charge < -0.3 is 19.1 Å². The van der Waals surface area contributed by atoms with Crippen LogP contribution in [0.1, 0.15) is 42.8 Å². The van der Waals surface area contributed by atoms with Gasteiger partial charge in [0, 0.05) is 31.1 Å². The van der Waals surface area contributed by atoms with Crippen LogP contribution in [-0.2, 0) is 26.8 Å². The van der Waals surface area contributed by atoms with Crippen LogP contribution in [0.5, 0.6) is 11.5 Å². The number of anilines is 1. The summed E-state index contributed by atoms with van der Waals surface area (Å²) in [6.45, 7) is 8.43. The van der Waals surface area contributed by atoms with Crippen molar-refractivity contribution in [1.82, 2.24) is 14.7 Å². The highest BCUT2D eigenvalue weighted by molar-refractivity contribution is 8.00. The van der Waals surface area contributed by atoms with Crippen molar-refractivity contribution < 1.29 is 23.8 Å². The van der Waals surface area contributed by atoms with Gasteiger partial charge in [-0.05, 0) is 17.7 Å². The average molecular weight is 503 g/mol. The van der Waals surface area contributed by atoms with Gasteiger partial charge in [0.15, 0.2) is 11.5 Å². The number of hydrogen-bond acceptors (Lipinski definition) is 7. The molecule has 1 saturated heterocycles. The van der Waals surface area contributed by atoms with Gasteiger partial charge in [-0.1, -0.05) is 26.8 Å². The van der Waals surface area contributed by atoms with Crippen LogP contribution in [0.15, 0.2) is 18.2 Å². The van der Waals surface area contributed by atoms with Gasteiger partial charge in [0.2, 0.25) is 11.8 Å². The van der Waals surface area contributed by atoms with Crippen molar-refractivity contribution in [2.24, 2.45) is 7.05 Å². The van der Waals surface area contributed by atoms with E-state index in [0.717, 1.165) is 16.8 Å². The number of ether oxygens (including phenoxy) is 3. The Morgan fingerprint density at radius 1 is 1.17 bits per heavy atom. The highest BCUT2D eigenvalue weighted by atomic mass is 32.2. The van der Waals surface area contributed by atoms with Crippen LogP contribution in [0.4, 0.5) is 5.82 Å². The van der Waals surface area contributed by atoms with Crippen LogP contribution in [-0.4, -0.2) is 79.3 Å². The van der Waals surface area contributed by atoms with Crippen molar-refractivity contribution in [3.05, 3.63) is 35.0 Å². The van der Waals surface area contributed by atoms with E-state index in [1.807, 2.05) is 25.2 Å². The Kier molecular flexibility index (Phi) is 7.32. The molecule has 2 aliphatic rings. The molecule has 3 heterocycles. The van der Waals surface area contributed by atoms with E-state index in [-0.39, 0.29) is 34.8 Å². The first-order valence-electron chi connectivity index (χ1n) is 11.7. The molecule has 190 valence electrons. The van der Waals surface area contributed by atoms with Crippen molar-refractivity contribution >= 4 is 29.4 Å². The zero-order valence-corrected chi connectivity index (χ0v) is 22.1. The van der Waals surface area contributed by atoms with E-state index in [1.54, 1.807) is 40.5 Å². The minimum Gasteiger partial charge on any atom is -0.493 e. The summed E-state index contributed by atoms with van der Waals surface area (Å²) in [4.78, 5) is 30.0. The van der Waals surface area contributed by atoms with Crippen LogP contribution in [0.2, 0.25) is 0 Å². The number of aromatic nitrogens is 2. The molecule has 2 aliphatic heterocycles. The van der Waals surface area contributed by atoms with Crippen molar-refractivity contribution in [1.29, 1.82) is 0 Å². The molecule has 1 fully saturated rings. The third-order valence-corrected chi connectivity index (χ3v) is 7.58. The first-order chi connectivity index (χ1) is 16.7. The number of carbonyl (C=O) groups is 2. The van der Waals surface area contributed by atoms with Gasteiger partial charge in [0.05, 0.1) is 44.1 Å². The molecule has 4 rings (SSSR count). The van der Waals surface area contributed by atoms with E-state index in [2.05, 4.69) is 20.8 Å². The molecule has 9 nitrogen and oxygen atoms in total. The lowest BCUT2D eigenvalue weighted by molar-refractivity contribution is -0.134. The van der Waals surface area contributed by atoms with Gasteiger partial charge in [-0.2, -0.15) is 5.10 Å². The second kappa shape index (κ2) is 10.1. The minimum atomic E-state index is -0.270. The number of aryl methyl sites for hydroxylation is 1. The lowest BCUT2D eigenvalue weighted by Crippen LogP contribution is -2.48. The minimum absolute atomic E-state index is 0.0197. The summed E-state index contributed by atoms with van der Waals surface area (Å²) in [6, 6.07) is 5.84. The maximum absolute atomic E-state index is 13.4. The molecule has 1 atom stereocenters. The summed E-state index contributed by atoms with van der Waals surface area (Å²) in [5.41, 5.74) is 2.58. The summed E-state index contributed by atoms with van der Waals surface area (Å²) in [5.74, 6) is 2.00. The van der Waals surface area contributed by atoms with E-state index in [0.29, 0.717) is 43.6 Å². The molecule has 0 bridgehead atoms. The smallest absolute Gasteiger partial charge is 0.242 e. The number of fused-ring (bicyclic) bond motifs is 1. The summed E-state index contributed by atoms with van der Waals surface area (Å²) >= 11 is 1.54. The normalized spacial score (nSPS) is 18.8. The number of nitrogens with zero attached hydrogens (tertiary/aromatic N) is 4. The topological polar surface area (TPSA) is 86.1 Å². The molecule has 0 spiro atoms. The largest absolute Gasteiger partial charge is 0.493 e. The number of amides is 2. The summed E-state index contributed by atoms with van der Waals surface area (Å²) < 4.78 is 18.1. The Hall–Kier alpha value is -2.72. The fourth-order valence-corrected chi connectivity index (χ4v) is 5.76. The highest BCUT2D eigenvalue weighted by Gasteiger charge is 2.39. The average Bonchev–Trinajstić information content (AvgIpc) is 3.12. The predicted octanol–water partition coefficient (Wildman–Crippen LogP) is 2.76. The number of benzene rings is 1. The molecule has 10 heteroatoms. The van der Waals surface area contributed by atoms with E-state index >= 15 is 0 Å². The number of morpholine rings is 1. The van der Waals surface area contributed by atoms with Gasteiger partial charge in [-0.25, -0.2) is 0 Å². The second-order valence-electron chi connectivity index (χ2n) is 9.74. The first-order valence-corrected chi connectivity index (χ1v) is 12.8. The number of methoxy groups -OCH3 is 2. The Labute approximate surface area is 210 Å². The van der Waals surface area contributed by atoms with Crippen molar-refractivity contribution in [3.8, 4) is 11.5 Å². The zero-order valence-electron chi connectivity index (χ0n) is 21.3. The van der Waals surface area contributed by atoms with E-state index < -0.39 is 0 Å². The number of rotatable bonds is 5. The van der Waals surface area contributed by atoms with Crippen LogP contribution in [0.3, 0.4) is 0 Å². The maximum atomic E-state index is 13.4. The fourth-order valence-electron chi connectivity index (χ4n) is 4.57. The third-order valence-electron chi connectivity index (χ3n) is 6.32. The van der Waals surface area contributed by atoms with Crippen LogP contribution in [0, 0.1) is 0 Å².